The molecule has 3 N–H and O–H groups in total. The van der Waals surface area contributed by atoms with Gasteiger partial charge in [-0.15, -0.1) is 0 Å². The molecule has 0 heterocycles. The van der Waals surface area contributed by atoms with E-state index in [4.69, 9.17) is 5.73 Å². The summed E-state index contributed by atoms with van der Waals surface area (Å²) < 4.78 is 1.01. The molecule has 2 aromatic carbocycles. The number of rotatable bonds is 2. The van der Waals surface area contributed by atoms with E-state index in [1.165, 1.54) is 0 Å². The second-order valence-corrected chi connectivity index (χ2v) is 4.14. The molecule has 0 fully saturated rings. The van der Waals surface area contributed by atoms with E-state index in [0.717, 1.165) is 21.5 Å². The Hall–Kier alpha value is -1.48. The van der Waals surface area contributed by atoms with Gasteiger partial charge in [-0.3, -0.25) is 0 Å². The number of anilines is 3. The third-order valence-corrected chi connectivity index (χ3v) is 2.56. The Kier molecular flexibility index (Phi) is 5.57. The van der Waals surface area contributed by atoms with Crippen LogP contribution in [0.5, 0.6) is 0 Å². The monoisotopic (exact) mass is 292 g/mol. The van der Waals surface area contributed by atoms with Gasteiger partial charge >= 0.3 is 0 Å². The second-order valence-electron chi connectivity index (χ2n) is 3.22. The third kappa shape index (κ3) is 4.11. The molecule has 2 rings (SSSR count). The van der Waals surface area contributed by atoms with Crippen LogP contribution in [0.1, 0.15) is 13.8 Å². The van der Waals surface area contributed by atoms with E-state index in [2.05, 4.69) is 21.2 Å². The van der Waals surface area contributed by atoms with Gasteiger partial charge in [0, 0.05) is 10.2 Å². The maximum absolute atomic E-state index is 5.85. The Morgan fingerprint density at radius 3 is 2.29 bits per heavy atom. The van der Waals surface area contributed by atoms with Gasteiger partial charge in [-0.05, 0) is 30.3 Å². The van der Waals surface area contributed by atoms with Crippen molar-refractivity contribution in [1.29, 1.82) is 0 Å². The van der Waals surface area contributed by atoms with Gasteiger partial charge in [0.25, 0.3) is 0 Å². The zero-order chi connectivity index (χ0) is 12.7. The molecule has 0 saturated carbocycles. The fraction of sp³-hybridized carbons (Fsp3) is 0.143. The Labute approximate surface area is 111 Å². The smallest absolute Gasteiger partial charge is 0.0629 e. The SMILES string of the molecule is CC.Nc1ccc(Br)cc1Nc1ccccc1. The van der Waals surface area contributed by atoms with E-state index in [1.807, 2.05) is 62.4 Å². The van der Waals surface area contributed by atoms with Crippen molar-refractivity contribution in [1.82, 2.24) is 0 Å². The van der Waals surface area contributed by atoms with Gasteiger partial charge in [0.1, 0.15) is 0 Å². The van der Waals surface area contributed by atoms with E-state index in [9.17, 15) is 0 Å². The molecule has 0 aromatic heterocycles. The Morgan fingerprint density at radius 2 is 1.65 bits per heavy atom. The highest BCUT2D eigenvalue weighted by molar-refractivity contribution is 9.10. The van der Waals surface area contributed by atoms with Gasteiger partial charge in [-0.2, -0.15) is 0 Å². The van der Waals surface area contributed by atoms with Crippen LogP contribution in [-0.2, 0) is 0 Å². The topological polar surface area (TPSA) is 38.0 Å². The predicted molar refractivity (Wildman–Crippen MR) is 79.6 cm³/mol. The number of nitrogens with one attached hydrogen (secondary N) is 1. The molecule has 0 bridgehead atoms. The molecule has 2 aromatic rings. The van der Waals surface area contributed by atoms with Crippen LogP contribution in [0.2, 0.25) is 0 Å². The maximum atomic E-state index is 5.85. The Bertz CT molecular complexity index is 455. The standard InChI is InChI=1S/C12H11BrN2.C2H6/c13-9-6-7-11(14)12(8-9)15-10-4-2-1-3-5-10;1-2/h1-8,15H,14H2;1-2H3. The van der Waals surface area contributed by atoms with Crippen molar-refractivity contribution in [2.75, 3.05) is 11.1 Å². The molecule has 0 saturated heterocycles. The normalized spacial score (nSPS) is 9.12. The average Bonchev–Trinajstić information content (AvgIpc) is 2.38. The van der Waals surface area contributed by atoms with Gasteiger partial charge in [-0.25, -0.2) is 0 Å². The van der Waals surface area contributed by atoms with Crippen molar-refractivity contribution in [3.05, 3.63) is 53.0 Å². The first kappa shape index (κ1) is 13.6. The molecule has 0 aliphatic carbocycles. The maximum Gasteiger partial charge on any atom is 0.0629 e. The number of benzene rings is 2. The van der Waals surface area contributed by atoms with Gasteiger partial charge in [0.2, 0.25) is 0 Å². The molecule has 90 valence electrons. The van der Waals surface area contributed by atoms with Crippen molar-refractivity contribution >= 4 is 33.0 Å². The van der Waals surface area contributed by atoms with Crippen molar-refractivity contribution in [3.8, 4) is 0 Å². The quantitative estimate of drug-likeness (QED) is 0.780. The lowest BCUT2D eigenvalue weighted by atomic mass is 10.2. The first-order chi connectivity index (χ1) is 8.25. The molecule has 3 heteroatoms. The van der Waals surface area contributed by atoms with Crippen molar-refractivity contribution in [3.63, 3.8) is 0 Å². The van der Waals surface area contributed by atoms with E-state index < -0.39 is 0 Å². The van der Waals surface area contributed by atoms with Crippen LogP contribution >= 0.6 is 15.9 Å². The molecular formula is C14H17BrN2. The van der Waals surface area contributed by atoms with Crippen molar-refractivity contribution in [2.45, 2.75) is 13.8 Å². The number of nitrogens with two attached hydrogens (primary N) is 1. The largest absolute Gasteiger partial charge is 0.397 e. The summed E-state index contributed by atoms with van der Waals surface area (Å²) in [6.45, 7) is 4.00. The second kappa shape index (κ2) is 6.97. The van der Waals surface area contributed by atoms with Gasteiger partial charge < -0.3 is 11.1 Å². The number of hydrogen-bond donors (Lipinski definition) is 2. The minimum atomic E-state index is 0.738. The van der Waals surface area contributed by atoms with Gasteiger partial charge in [0.15, 0.2) is 0 Å². The highest BCUT2D eigenvalue weighted by atomic mass is 79.9. The molecule has 0 amide bonds. The number of para-hydroxylation sites is 1. The van der Waals surface area contributed by atoms with Crippen LogP contribution in [0.25, 0.3) is 0 Å². The zero-order valence-electron chi connectivity index (χ0n) is 10.1. The molecule has 0 atom stereocenters. The number of nitrogen functional groups attached to an aromatic ring is 1. The molecule has 0 radical (unpaired) electrons. The molecule has 2 nitrogen and oxygen atoms in total. The lowest BCUT2D eigenvalue weighted by Crippen LogP contribution is -1.95. The summed E-state index contributed by atoms with van der Waals surface area (Å²) in [5.41, 5.74) is 8.53. The highest BCUT2D eigenvalue weighted by Gasteiger charge is 1.99. The lowest BCUT2D eigenvalue weighted by Gasteiger charge is -2.09. The average molecular weight is 293 g/mol. The van der Waals surface area contributed by atoms with Crippen LogP contribution in [-0.4, -0.2) is 0 Å². The van der Waals surface area contributed by atoms with Crippen LogP contribution in [0, 0.1) is 0 Å². The fourth-order valence-corrected chi connectivity index (χ4v) is 1.67. The summed E-state index contributed by atoms with van der Waals surface area (Å²) in [4.78, 5) is 0. The van der Waals surface area contributed by atoms with Crippen molar-refractivity contribution < 1.29 is 0 Å². The first-order valence-corrected chi connectivity index (χ1v) is 6.42. The summed E-state index contributed by atoms with van der Waals surface area (Å²) >= 11 is 3.41. The minimum Gasteiger partial charge on any atom is -0.397 e. The van der Waals surface area contributed by atoms with Crippen LogP contribution in [0.4, 0.5) is 17.1 Å². The van der Waals surface area contributed by atoms with E-state index in [-0.39, 0.29) is 0 Å². The summed E-state index contributed by atoms with van der Waals surface area (Å²) in [6.07, 6.45) is 0. The minimum absolute atomic E-state index is 0.738. The summed E-state index contributed by atoms with van der Waals surface area (Å²) in [7, 11) is 0. The Balaban J connectivity index is 0.000000686. The molecule has 0 aliphatic heterocycles. The van der Waals surface area contributed by atoms with E-state index >= 15 is 0 Å². The highest BCUT2D eigenvalue weighted by Crippen LogP contribution is 2.26. The third-order valence-electron chi connectivity index (χ3n) is 2.07. The zero-order valence-corrected chi connectivity index (χ0v) is 11.7. The van der Waals surface area contributed by atoms with Crippen LogP contribution in [0.15, 0.2) is 53.0 Å². The van der Waals surface area contributed by atoms with Crippen LogP contribution in [0.3, 0.4) is 0 Å². The van der Waals surface area contributed by atoms with Gasteiger partial charge in [-0.1, -0.05) is 48.0 Å². The van der Waals surface area contributed by atoms with Crippen LogP contribution < -0.4 is 11.1 Å². The summed E-state index contributed by atoms with van der Waals surface area (Å²) in [5.74, 6) is 0. The van der Waals surface area contributed by atoms with E-state index in [1.54, 1.807) is 0 Å². The molecule has 0 spiro atoms. The predicted octanol–water partition coefficient (Wildman–Crippen LogP) is 4.80. The number of hydrogen-bond acceptors (Lipinski definition) is 2. The summed E-state index contributed by atoms with van der Waals surface area (Å²) in [5, 5.41) is 3.26. The lowest BCUT2D eigenvalue weighted by molar-refractivity contribution is 1.50. The molecule has 17 heavy (non-hydrogen) atoms. The number of halogens is 1. The molecule has 0 unspecified atom stereocenters. The van der Waals surface area contributed by atoms with E-state index in [0.29, 0.717) is 0 Å². The van der Waals surface area contributed by atoms with Crippen molar-refractivity contribution in [2.24, 2.45) is 0 Å². The molecular weight excluding hydrogens is 276 g/mol. The summed E-state index contributed by atoms with van der Waals surface area (Å²) in [6, 6.07) is 15.7. The van der Waals surface area contributed by atoms with Gasteiger partial charge in [0.05, 0.1) is 11.4 Å². The first-order valence-electron chi connectivity index (χ1n) is 5.63. The Morgan fingerprint density at radius 1 is 1.00 bits per heavy atom. The fourth-order valence-electron chi connectivity index (χ4n) is 1.31. The molecule has 0 aliphatic rings.